The van der Waals surface area contributed by atoms with E-state index in [0.29, 0.717) is 38.3 Å². The molecule has 2 aliphatic heterocycles. The number of carbonyl (C=O) groups is 1. The van der Waals surface area contributed by atoms with E-state index in [9.17, 15) is 14.7 Å². The first-order chi connectivity index (χ1) is 18.5. The zero-order chi connectivity index (χ0) is 26.6. The van der Waals surface area contributed by atoms with Crippen LogP contribution in [-0.2, 0) is 39.3 Å². The van der Waals surface area contributed by atoms with Crippen LogP contribution >= 0.6 is 0 Å². The molecule has 1 amide bonds. The van der Waals surface area contributed by atoms with Crippen molar-refractivity contribution in [3.8, 4) is 5.69 Å². The van der Waals surface area contributed by atoms with Crippen LogP contribution in [0.25, 0.3) is 5.69 Å². The molecule has 1 aromatic heterocycles. The minimum Gasteiger partial charge on any atom is -0.459 e. The van der Waals surface area contributed by atoms with Gasteiger partial charge >= 0.3 is 0 Å². The van der Waals surface area contributed by atoms with Crippen LogP contribution in [0.2, 0.25) is 0 Å². The molecule has 200 valence electrons. The zero-order valence-electron chi connectivity index (χ0n) is 21.7. The van der Waals surface area contributed by atoms with Crippen LogP contribution in [0.5, 0.6) is 0 Å². The van der Waals surface area contributed by atoms with Gasteiger partial charge in [0.05, 0.1) is 32.1 Å². The molecule has 2 aromatic carbocycles. The molecule has 1 N–H and O–H groups in total. The number of para-hydroxylation sites is 1. The summed E-state index contributed by atoms with van der Waals surface area (Å²) >= 11 is 0. The number of rotatable bonds is 7. The minimum atomic E-state index is -0.716. The van der Waals surface area contributed by atoms with Crippen molar-refractivity contribution in [1.82, 2.24) is 14.3 Å². The normalized spacial score (nSPS) is 19.7. The van der Waals surface area contributed by atoms with Crippen LogP contribution in [-0.4, -0.2) is 57.9 Å². The second kappa shape index (κ2) is 11.4. The number of aromatic nitrogens is 2. The Labute approximate surface area is 221 Å². The van der Waals surface area contributed by atoms with Gasteiger partial charge in [-0.05, 0) is 36.3 Å². The Hall–Kier alpha value is -3.66. The van der Waals surface area contributed by atoms with Crippen molar-refractivity contribution in [2.45, 2.75) is 38.8 Å². The Morgan fingerprint density at radius 1 is 1.05 bits per heavy atom. The van der Waals surface area contributed by atoms with E-state index in [4.69, 9.17) is 14.2 Å². The molecule has 3 aromatic rings. The molecule has 0 spiro atoms. The number of aliphatic hydroxyl groups excluding tert-OH is 1. The first-order valence-electron chi connectivity index (χ1n) is 12.9. The number of benzene rings is 2. The lowest BCUT2D eigenvalue weighted by Crippen LogP contribution is -2.43. The highest BCUT2D eigenvalue weighted by atomic mass is 16.7. The summed E-state index contributed by atoms with van der Waals surface area (Å²) < 4.78 is 21.1. The van der Waals surface area contributed by atoms with Gasteiger partial charge in [0, 0.05) is 43.7 Å². The van der Waals surface area contributed by atoms with E-state index in [-0.39, 0.29) is 36.4 Å². The molecule has 38 heavy (non-hydrogen) atoms. The molecule has 2 unspecified atom stereocenters. The second-order valence-corrected chi connectivity index (χ2v) is 9.59. The van der Waals surface area contributed by atoms with E-state index in [1.54, 1.807) is 15.7 Å². The number of morpholine rings is 1. The van der Waals surface area contributed by atoms with Crippen molar-refractivity contribution in [2.24, 2.45) is 7.05 Å². The fraction of sp³-hybridized carbons (Fsp3) is 0.379. The van der Waals surface area contributed by atoms with E-state index in [2.05, 4.69) is 0 Å². The third-order valence-electron chi connectivity index (χ3n) is 7.18. The largest absolute Gasteiger partial charge is 0.459 e. The molecule has 2 atom stereocenters. The molecule has 1 fully saturated rings. The molecule has 0 radical (unpaired) electrons. The van der Waals surface area contributed by atoms with E-state index < -0.39 is 6.29 Å². The summed E-state index contributed by atoms with van der Waals surface area (Å²) in [4.78, 5) is 28.8. The lowest BCUT2D eigenvalue weighted by molar-refractivity contribution is -0.158. The standard InChI is InChI=1S/C29H33N3O6/c1-20-27(29(35)32(30(20)2)24-6-4-3-5-7-24)23-16-25(28(34)31-12-14-36-15-13-31)38-26(17-23)37-19-22-10-8-21(18-33)9-11-22/h3-11,16,23,26,33H,12-15,17-19H2,1-2H3. The van der Waals surface area contributed by atoms with Gasteiger partial charge in [0.2, 0.25) is 6.29 Å². The van der Waals surface area contributed by atoms with Crippen LogP contribution in [0.1, 0.15) is 34.7 Å². The van der Waals surface area contributed by atoms with E-state index in [1.165, 1.54) is 0 Å². The molecule has 0 bridgehead atoms. The van der Waals surface area contributed by atoms with Gasteiger partial charge in [-0.25, -0.2) is 4.68 Å². The van der Waals surface area contributed by atoms with Crippen molar-refractivity contribution in [3.63, 3.8) is 0 Å². The number of hydrogen-bond acceptors (Lipinski definition) is 6. The van der Waals surface area contributed by atoms with Crippen LogP contribution in [0, 0.1) is 6.92 Å². The number of ether oxygens (including phenoxy) is 3. The highest BCUT2D eigenvalue weighted by molar-refractivity contribution is 5.91. The van der Waals surface area contributed by atoms with Crippen LogP contribution in [0.3, 0.4) is 0 Å². The molecule has 5 rings (SSSR count). The monoisotopic (exact) mass is 519 g/mol. The summed E-state index contributed by atoms with van der Waals surface area (Å²) in [6, 6.07) is 17.0. The summed E-state index contributed by atoms with van der Waals surface area (Å²) in [6.45, 7) is 4.09. The fourth-order valence-corrected chi connectivity index (χ4v) is 4.98. The van der Waals surface area contributed by atoms with E-state index in [0.717, 1.165) is 22.5 Å². The van der Waals surface area contributed by atoms with Crippen LogP contribution in [0.4, 0.5) is 0 Å². The van der Waals surface area contributed by atoms with Crippen molar-refractivity contribution < 1.29 is 24.1 Å². The zero-order valence-corrected chi connectivity index (χ0v) is 21.7. The number of allylic oxidation sites excluding steroid dienone is 1. The van der Waals surface area contributed by atoms with Gasteiger partial charge < -0.3 is 24.2 Å². The summed E-state index contributed by atoms with van der Waals surface area (Å²) in [5, 5.41) is 9.30. The predicted octanol–water partition coefficient (Wildman–Crippen LogP) is 2.77. The predicted molar refractivity (Wildman–Crippen MR) is 141 cm³/mol. The van der Waals surface area contributed by atoms with Crippen molar-refractivity contribution in [2.75, 3.05) is 26.3 Å². The smallest absolute Gasteiger partial charge is 0.288 e. The number of aliphatic hydroxyl groups is 1. The average Bonchev–Trinajstić information content (AvgIpc) is 3.19. The number of nitrogens with zero attached hydrogens (tertiary/aromatic N) is 3. The fourth-order valence-electron chi connectivity index (χ4n) is 4.98. The Morgan fingerprint density at radius 3 is 2.42 bits per heavy atom. The number of amides is 1. The maximum absolute atomic E-state index is 13.7. The molecule has 2 aliphatic rings. The second-order valence-electron chi connectivity index (χ2n) is 9.59. The summed E-state index contributed by atoms with van der Waals surface area (Å²) in [6.07, 6.45) is 1.45. The SMILES string of the molecule is Cc1c(C2C=C(C(=O)N3CCOCC3)OC(OCc3ccc(CO)cc3)C2)c(=O)n(-c2ccccc2)n1C. The lowest BCUT2D eigenvalue weighted by atomic mass is 9.93. The topological polar surface area (TPSA) is 95.2 Å². The Morgan fingerprint density at radius 2 is 1.74 bits per heavy atom. The maximum Gasteiger partial charge on any atom is 0.288 e. The van der Waals surface area contributed by atoms with E-state index >= 15 is 0 Å². The molecule has 0 saturated carbocycles. The van der Waals surface area contributed by atoms with Gasteiger partial charge in [0.15, 0.2) is 5.76 Å². The molecule has 9 nitrogen and oxygen atoms in total. The highest BCUT2D eigenvalue weighted by Gasteiger charge is 2.34. The van der Waals surface area contributed by atoms with Crippen molar-refractivity contribution in [1.29, 1.82) is 0 Å². The first kappa shape index (κ1) is 26.0. The molecule has 1 saturated heterocycles. The third kappa shape index (κ3) is 5.31. The Bertz CT molecular complexity index is 1350. The van der Waals surface area contributed by atoms with Gasteiger partial charge in [-0.15, -0.1) is 0 Å². The molecule has 0 aliphatic carbocycles. The highest BCUT2D eigenvalue weighted by Crippen LogP contribution is 2.33. The molecule has 3 heterocycles. The quantitative estimate of drug-likeness (QED) is 0.516. The summed E-state index contributed by atoms with van der Waals surface area (Å²) in [5.41, 5.74) is 3.81. The summed E-state index contributed by atoms with van der Waals surface area (Å²) in [5.74, 6) is -0.400. The van der Waals surface area contributed by atoms with E-state index in [1.807, 2.05) is 73.3 Å². The average molecular weight is 520 g/mol. The van der Waals surface area contributed by atoms with Gasteiger partial charge in [-0.3, -0.25) is 14.3 Å². The number of hydrogen-bond donors (Lipinski definition) is 1. The third-order valence-corrected chi connectivity index (χ3v) is 7.18. The van der Waals surface area contributed by atoms with Gasteiger partial charge in [-0.2, -0.15) is 0 Å². The van der Waals surface area contributed by atoms with Gasteiger partial charge in [-0.1, -0.05) is 42.5 Å². The maximum atomic E-state index is 13.7. The van der Waals surface area contributed by atoms with Crippen LogP contribution in [0.15, 0.2) is 71.2 Å². The molecular formula is C29H33N3O6. The van der Waals surface area contributed by atoms with Crippen molar-refractivity contribution >= 4 is 5.91 Å². The van der Waals surface area contributed by atoms with Gasteiger partial charge in [0.1, 0.15) is 0 Å². The van der Waals surface area contributed by atoms with Gasteiger partial charge in [0.25, 0.3) is 11.5 Å². The Balaban J connectivity index is 1.46. The number of carbonyl (C=O) groups excluding carboxylic acids is 1. The van der Waals surface area contributed by atoms with Crippen LogP contribution < -0.4 is 5.56 Å². The lowest BCUT2D eigenvalue weighted by Gasteiger charge is -2.32. The minimum absolute atomic E-state index is 0.0245. The summed E-state index contributed by atoms with van der Waals surface area (Å²) in [7, 11) is 1.86. The Kier molecular flexibility index (Phi) is 7.78. The van der Waals surface area contributed by atoms with Crippen molar-refractivity contribution in [3.05, 3.63) is 99.2 Å². The first-order valence-corrected chi connectivity index (χ1v) is 12.9. The molecular weight excluding hydrogens is 486 g/mol. The molecule has 9 heteroatoms.